The fraction of sp³-hybridized carbons (Fsp3) is 0.273. The summed E-state index contributed by atoms with van der Waals surface area (Å²) in [6.45, 7) is 0.482. The number of hydrogen-bond donors (Lipinski definition) is 2. The predicted molar refractivity (Wildman–Crippen MR) is 120 cm³/mol. The van der Waals surface area contributed by atoms with E-state index in [0.717, 1.165) is 11.3 Å². The van der Waals surface area contributed by atoms with Gasteiger partial charge in [0, 0.05) is 44.9 Å². The molecule has 0 bridgehead atoms. The number of hydrogen-bond acceptors (Lipinski definition) is 6. The summed E-state index contributed by atoms with van der Waals surface area (Å²) in [5.74, 6) is -0.905. The van der Waals surface area contributed by atoms with Gasteiger partial charge >= 0.3 is 0 Å². The maximum absolute atomic E-state index is 13.2. The Labute approximate surface area is 184 Å². The Kier molecular flexibility index (Phi) is 7.66. The Morgan fingerprint density at radius 2 is 1.87 bits per heavy atom. The van der Waals surface area contributed by atoms with Gasteiger partial charge in [-0.3, -0.25) is 9.59 Å². The molecule has 31 heavy (non-hydrogen) atoms. The minimum Gasteiger partial charge on any atom is -0.378 e. The first-order chi connectivity index (χ1) is 14.9. The summed E-state index contributed by atoms with van der Waals surface area (Å²) in [6, 6.07) is 13.7. The summed E-state index contributed by atoms with van der Waals surface area (Å²) in [6.07, 6.45) is 1.52. The van der Waals surface area contributed by atoms with Crippen molar-refractivity contribution < 1.29 is 14.0 Å². The topological polar surface area (TPSA) is 87.2 Å². The molecule has 2 N–H and O–H groups in total. The molecule has 0 spiro atoms. The molecule has 1 heterocycles. The van der Waals surface area contributed by atoms with E-state index in [9.17, 15) is 14.0 Å². The van der Waals surface area contributed by atoms with Gasteiger partial charge in [-0.25, -0.2) is 4.39 Å². The van der Waals surface area contributed by atoms with Crippen molar-refractivity contribution >= 4 is 34.5 Å². The number of carbonyl (C=O) groups is 2. The third-order valence-electron chi connectivity index (χ3n) is 4.48. The zero-order valence-corrected chi connectivity index (χ0v) is 18.2. The SMILES string of the molecule is CN(C)c1ccc(CNC(=O)CCCc2nnc(C(=O)Nc3cccc(F)c3)s2)cc1. The number of anilines is 2. The van der Waals surface area contributed by atoms with Gasteiger partial charge in [0.25, 0.3) is 5.91 Å². The van der Waals surface area contributed by atoms with E-state index < -0.39 is 11.7 Å². The molecule has 3 aromatic rings. The second-order valence-corrected chi connectivity index (χ2v) is 8.22. The second kappa shape index (κ2) is 10.6. The van der Waals surface area contributed by atoms with Crippen molar-refractivity contribution in [2.45, 2.75) is 25.8 Å². The Morgan fingerprint density at radius 3 is 2.58 bits per heavy atom. The molecule has 0 atom stereocenters. The molecule has 0 radical (unpaired) electrons. The Balaban J connectivity index is 1.40. The average Bonchev–Trinajstić information content (AvgIpc) is 3.22. The lowest BCUT2D eigenvalue weighted by atomic mass is 10.2. The van der Waals surface area contributed by atoms with Crippen LogP contribution in [0.15, 0.2) is 48.5 Å². The number of carbonyl (C=O) groups excluding carboxylic acids is 2. The first kappa shape index (κ1) is 22.4. The molecule has 0 saturated heterocycles. The highest BCUT2D eigenvalue weighted by Gasteiger charge is 2.14. The van der Waals surface area contributed by atoms with Crippen LogP contribution in [0.3, 0.4) is 0 Å². The van der Waals surface area contributed by atoms with Gasteiger partial charge in [0.1, 0.15) is 10.8 Å². The molecule has 0 fully saturated rings. The fourth-order valence-corrected chi connectivity index (χ4v) is 3.57. The molecule has 9 heteroatoms. The van der Waals surface area contributed by atoms with Gasteiger partial charge in [-0.1, -0.05) is 29.5 Å². The van der Waals surface area contributed by atoms with E-state index in [-0.39, 0.29) is 10.9 Å². The van der Waals surface area contributed by atoms with Gasteiger partial charge in [0.2, 0.25) is 10.9 Å². The van der Waals surface area contributed by atoms with Crippen molar-refractivity contribution in [1.29, 1.82) is 0 Å². The molecule has 2 aromatic carbocycles. The quantitative estimate of drug-likeness (QED) is 0.529. The first-order valence-corrected chi connectivity index (χ1v) is 10.6. The van der Waals surface area contributed by atoms with Gasteiger partial charge < -0.3 is 15.5 Å². The number of amides is 2. The number of halogens is 1. The van der Waals surface area contributed by atoms with Crippen LogP contribution in [-0.2, 0) is 17.8 Å². The van der Waals surface area contributed by atoms with Crippen LogP contribution in [0.25, 0.3) is 0 Å². The maximum atomic E-state index is 13.2. The summed E-state index contributed by atoms with van der Waals surface area (Å²) < 4.78 is 13.2. The lowest BCUT2D eigenvalue weighted by Gasteiger charge is -2.12. The first-order valence-electron chi connectivity index (χ1n) is 9.83. The molecule has 0 aliphatic carbocycles. The Hall–Kier alpha value is -3.33. The van der Waals surface area contributed by atoms with Gasteiger partial charge in [0.05, 0.1) is 0 Å². The molecule has 162 valence electrons. The van der Waals surface area contributed by atoms with Crippen molar-refractivity contribution in [2.75, 3.05) is 24.3 Å². The van der Waals surface area contributed by atoms with E-state index in [1.54, 1.807) is 6.07 Å². The molecule has 3 rings (SSSR count). The van der Waals surface area contributed by atoms with Crippen molar-refractivity contribution in [3.05, 3.63) is 69.9 Å². The number of rotatable bonds is 9. The summed E-state index contributed by atoms with van der Waals surface area (Å²) in [5.41, 5.74) is 2.50. The van der Waals surface area contributed by atoms with Crippen molar-refractivity contribution in [2.24, 2.45) is 0 Å². The summed E-state index contributed by atoms with van der Waals surface area (Å²) in [5, 5.41) is 14.3. The molecule has 0 saturated carbocycles. The third kappa shape index (κ3) is 6.85. The molecule has 0 unspecified atom stereocenters. The summed E-state index contributed by atoms with van der Waals surface area (Å²) in [7, 11) is 3.96. The number of aryl methyl sites for hydroxylation is 1. The highest BCUT2D eigenvalue weighted by molar-refractivity contribution is 7.13. The van der Waals surface area contributed by atoms with Crippen LogP contribution in [0.1, 0.15) is 33.2 Å². The molecule has 1 aromatic heterocycles. The number of nitrogens with one attached hydrogen (secondary N) is 2. The highest BCUT2D eigenvalue weighted by atomic mass is 32.1. The van der Waals surface area contributed by atoms with E-state index in [0.29, 0.717) is 36.5 Å². The number of benzene rings is 2. The van der Waals surface area contributed by atoms with E-state index in [1.807, 2.05) is 43.3 Å². The minimum atomic E-state index is -0.438. The third-order valence-corrected chi connectivity index (χ3v) is 5.46. The summed E-state index contributed by atoms with van der Waals surface area (Å²) in [4.78, 5) is 26.3. The van der Waals surface area contributed by atoms with Crippen molar-refractivity contribution in [3.63, 3.8) is 0 Å². The van der Waals surface area contributed by atoms with Crippen LogP contribution in [-0.4, -0.2) is 36.1 Å². The molecule has 0 aliphatic rings. The lowest BCUT2D eigenvalue weighted by Crippen LogP contribution is -2.22. The monoisotopic (exact) mass is 441 g/mol. The van der Waals surface area contributed by atoms with E-state index in [2.05, 4.69) is 20.8 Å². The predicted octanol–water partition coefficient (Wildman–Crippen LogP) is 3.63. The fourth-order valence-electron chi connectivity index (χ4n) is 2.80. The number of aromatic nitrogens is 2. The maximum Gasteiger partial charge on any atom is 0.286 e. The zero-order valence-electron chi connectivity index (χ0n) is 17.4. The lowest BCUT2D eigenvalue weighted by molar-refractivity contribution is -0.121. The summed E-state index contributed by atoms with van der Waals surface area (Å²) >= 11 is 1.17. The van der Waals surface area contributed by atoms with Crippen LogP contribution in [0.2, 0.25) is 0 Å². The zero-order chi connectivity index (χ0) is 22.2. The Morgan fingerprint density at radius 1 is 1.10 bits per heavy atom. The number of nitrogens with zero attached hydrogens (tertiary/aromatic N) is 3. The van der Waals surface area contributed by atoms with Crippen molar-refractivity contribution in [1.82, 2.24) is 15.5 Å². The smallest absolute Gasteiger partial charge is 0.286 e. The van der Waals surface area contributed by atoms with Crippen molar-refractivity contribution in [3.8, 4) is 0 Å². The van der Waals surface area contributed by atoms with Gasteiger partial charge in [-0.05, 0) is 42.3 Å². The molecule has 2 amide bonds. The van der Waals surface area contributed by atoms with E-state index in [4.69, 9.17) is 0 Å². The van der Waals surface area contributed by atoms with Crippen LogP contribution in [0.5, 0.6) is 0 Å². The van der Waals surface area contributed by atoms with Crippen LogP contribution < -0.4 is 15.5 Å². The van der Waals surface area contributed by atoms with Crippen LogP contribution >= 0.6 is 11.3 Å². The highest BCUT2D eigenvalue weighted by Crippen LogP contribution is 2.16. The van der Waals surface area contributed by atoms with E-state index in [1.165, 1.54) is 29.5 Å². The van der Waals surface area contributed by atoms with E-state index >= 15 is 0 Å². The molecular weight excluding hydrogens is 417 g/mol. The normalized spacial score (nSPS) is 10.5. The molecule has 7 nitrogen and oxygen atoms in total. The average molecular weight is 442 g/mol. The van der Waals surface area contributed by atoms with Crippen LogP contribution in [0.4, 0.5) is 15.8 Å². The standard InChI is InChI=1S/C22H24FN5O2S/c1-28(2)18-11-9-15(10-12-18)14-24-19(29)7-4-8-20-26-27-22(31-20)21(30)25-17-6-3-5-16(23)13-17/h3,5-6,9-13H,4,7-8,14H2,1-2H3,(H,24,29)(H,25,30). The minimum absolute atomic E-state index is 0.0368. The molecule has 0 aliphatic heterocycles. The Bertz CT molecular complexity index is 1040. The second-order valence-electron chi connectivity index (χ2n) is 7.16. The van der Waals surface area contributed by atoms with Gasteiger partial charge in [-0.15, -0.1) is 10.2 Å². The van der Waals surface area contributed by atoms with Gasteiger partial charge in [-0.2, -0.15) is 0 Å². The largest absolute Gasteiger partial charge is 0.378 e. The van der Waals surface area contributed by atoms with Gasteiger partial charge in [0.15, 0.2) is 0 Å². The molecular formula is C22H24FN5O2S. The van der Waals surface area contributed by atoms with Crippen LogP contribution in [0, 0.1) is 5.82 Å².